The molecule has 2 aromatic carbocycles. The van der Waals surface area contributed by atoms with Gasteiger partial charge in [0.1, 0.15) is 12.5 Å². The number of carbonyl (C=O) groups excluding carboxylic acids is 1. The molecule has 2 aromatic rings. The molecule has 8 heteroatoms. The fourth-order valence-corrected chi connectivity index (χ4v) is 4.47. The van der Waals surface area contributed by atoms with Crippen molar-refractivity contribution in [1.29, 1.82) is 0 Å². The summed E-state index contributed by atoms with van der Waals surface area (Å²) in [5.41, 5.74) is 2.73. The van der Waals surface area contributed by atoms with Crippen LogP contribution in [0.2, 0.25) is 10.0 Å². The Morgan fingerprint density at radius 1 is 1.09 bits per heavy atom. The van der Waals surface area contributed by atoms with Gasteiger partial charge in [-0.3, -0.25) is 14.6 Å². The predicted octanol–water partition coefficient (Wildman–Crippen LogP) is 5.57. The van der Waals surface area contributed by atoms with Gasteiger partial charge in [0.15, 0.2) is 0 Å². The standard InChI is InChI=1S/C26H33Cl2N3O3/c1-3-7-21-10-11-22(18-25(21)31(19-32)20-33-2)34-17-5-4-12-29-13-15-30(16-14-29)24-9-6-8-23(27)26(24)28/h3,6-11,18-19H,4-5,12-17,20H2,1-2H3/b7-3-. The molecule has 3 rings (SSSR count). The second-order valence-corrected chi connectivity index (χ2v) is 8.96. The molecule has 0 N–H and O–H groups in total. The number of unbranched alkanes of at least 4 members (excludes halogenated alkanes) is 1. The second kappa shape index (κ2) is 13.6. The number of hydrogen-bond acceptors (Lipinski definition) is 5. The third kappa shape index (κ3) is 7.12. The molecule has 1 fully saturated rings. The highest BCUT2D eigenvalue weighted by Crippen LogP contribution is 2.33. The number of hydrogen-bond donors (Lipinski definition) is 0. The minimum absolute atomic E-state index is 0.189. The van der Waals surface area contributed by atoms with Crippen LogP contribution in [0.4, 0.5) is 11.4 Å². The highest BCUT2D eigenvalue weighted by molar-refractivity contribution is 6.43. The topological polar surface area (TPSA) is 45.2 Å². The average Bonchev–Trinajstić information content (AvgIpc) is 2.85. The molecule has 0 atom stereocenters. The van der Waals surface area contributed by atoms with Crippen molar-refractivity contribution in [2.75, 3.05) is 63.0 Å². The largest absolute Gasteiger partial charge is 0.494 e. The molecule has 1 aliphatic heterocycles. The SMILES string of the molecule is C/C=C\c1ccc(OCCCCN2CCN(c3cccc(Cl)c3Cl)CC2)cc1N(C=O)COC. The Hall–Kier alpha value is -2.25. The first kappa shape index (κ1) is 26.4. The number of anilines is 2. The molecule has 0 saturated carbocycles. The van der Waals surface area contributed by atoms with Gasteiger partial charge in [-0.05, 0) is 56.1 Å². The lowest BCUT2D eigenvalue weighted by molar-refractivity contribution is -0.108. The maximum absolute atomic E-state index is 11.5. The van der Waals surface area contributed by atoms with Crippen molar-refractivity contribution >= 4 is 47.1 Å². The number of ether oxygens (including phenoxy) is 2. The molecule has 34 heavy (non-hydrogen) atoms. The fraction of sp³-hybridized carbons (Fsp3) is 0.423. The van der Waals surface area contributed by atoms with Gasteiger partial charge in [-0.15, -0.1) is 0 Å². The minimum atomic E-state index is 0.189. The van der Waals surface area contributed by atoms with E-state index in [0.29, 0.717) is 16.7 Å². The first-order valence-electron chi connectivity index (χ1n) is 11.6. The van der Waals surface area contributed by atoms with Crippen LogP contribution in [-0.4, -0.2) is 64.5 Å². The minimum Gasteiger partial charge on any atom is -0.494 e. The van der Waals surface area contributed by atoms with Gasteiger partial charge in [0.05, 0.1) is 28.0 Å². The first-order chi connectivity index (χ1) is 16.6. The summed E-state index contributed by atoms with van der Waals surface area (Å²) in [6.07, 6.45) is 6.70. The van der Waals surface area contributed by atoms with Crippen LogP contribution in [0.5, 0.6) is 5.75 Å². The molecule has 0 spiro atoms. The van der Waals surface area contributed by atoms with Crippen LogP contribution in [0.1, 0.15) is 25.3 Å². The predicted molar refractivity (Wildman–Crippen MR) is 141 cm³/mol. The van der Waals surface area contributed by atoms with Gasteiger partial charge >= 0.3 is 0 Å². The smallest absolute Gasteiger partial charge is 0.216 e. The Bertz CT molecular complexity index is 962. The van der Waals surface area contributed by atoms with E-state index < -0.39 is 0 Å². The van der Waals surface area contributed by atoms with Crippen molar-refractivity contribution in [3.05, 3.63) is 58.1 Å². The maximum atomic E-state index is 11.5. The van der Waals surface area contributed by atoms with Crippen molar-refractivity contribution < 1.29 is 14.3 Å². The number of benzene rings is 2. The number of nitrogens with zero attached hydrogens (tertiary/aromatic N) is 3. The van der Waals surface area contributed by atoms with Gasteiger partial charge in [0.25, 0.3) is 0 Å². The van der Waals surface area contributed by atoms with Crippen molar-refractivity contribution in [1.82, 2.24) is 4.90 Å². The number of piperazine rings is 1. The Morgan fingerprint density at radius 3 is 2.59 bits per heavy atom. The molecule has 1 amide bonds. The van der Waals surface area contributed by atoms with Crippen LogP contribution in [0, 0.1) is 0 Å². The Labute approximate surface area is 212 Å². The molecular formula is C26H33Cl2N3O3. The zero-order chi connectivity index (χ0) is 24.3. The van der Waals surface area contributed by atoms with Crippen molar-refractivity contribution in [2.45, 2.75) is 19.8 Å². The number of halogens is 2. The van der Waals surface area contributed by atoms with Gasteiger partial charge in [-0.1, -0.05) is 41.4 Å². The molecule has 1 saturated heterocycles. The first-order valence-corrected chi connectivity index (χ1v) is 12.3. The van der Waals surface area contributed by atoms with E-state index in [2.05, 4.69) is 9.80 Å². The molecule has 1 heterocycles. The van der Waals surface area contributed by atoms with Crippen LogP contribution in [-0.2, 0) is 9.53 Å². The number of allylic oxidation sites excluding steroid dienone is 1. The van der Waals surface area contributed by atoms with E-state index in [9.17, 15) is 4.79 Å². The quantitative estimate of drug-likeness (QED) is 0.214. The molecule has 184 valence electrons. The van der Waals surface area contributed by atoms with Gasteiger partial charge in [-0.25, -0.2) is 0 Å². The normalized spacial score (nSPS) is 14.5. The number of carbonyl (C=O) groups is 1. The molecule has 0 aromatic heterocycles. The third-order valence-electron chi connectivity index (χ3n) is 5.83. The van der Waals surface area contributed by atoms with E-state index in [1.165, 1.54) is 4.90 Å². The second-order valence-electron chi connectivity index (χ2n) is 8.17. The van der Waals surface area contributed by atoms with Gasteiger partial charge in [0.2, 0.25) is 6.41 Å². The molecule has 0 bridgehead atoms. The summed E-state index contributed by atoms with van der Waals surface area (Å²) >= 11 is 12.5. The van der Waals surface area contributed by atoms with Crippen LogP contribution in [0.25, 0.3) is 6.08 Å². The van der Waals surface area contributed by atoms with E-state index >= 15 is 0 Å². The zero-order valence-corrected chi connectivity index (χ0v) is 21.4. The average molecular weight is 506 g/mol. The van der Waals surface area contributed by atoms with E-state index in [1.807, 2.05) is 55.5 Å². The summed E-state index contributed by atoms with van der Waals surface area (Å²) in [6, 6.07) is 11.6. The summed E-state index contributed by atoms with van der Waals surface area (Å²) in [6.45, 7) is 7.68. The highest BCUT2D eigenvalue weighted by atomic mass is 35.5. The Morgan fingerprint density at radius 2 is 1.88 bits per heavy atom. The summed E-state index contributed by atoms with van der Waals surface area (Å²) in [5.74, 6) is 0.748. The van der Waals surface area contributed by atoms with Crippen molar-refractivity contribution in [2.24, 2.45) is 0 Å². The molecule has 0 aliphatic carbocycles. The Kier molecular flexibility index (Phi) is 10.5. The highest BCUT2D eigenvalue weighted by Gasteiger charge is 2.19. The van der Waals surface area contributed by atoms with E-state index in [1.54, 1.807) is 7.11 Å². The van der Waals surface area contributed by atoms with Crippen molar-refractivity contribution in [3.8, 4) is 5.75 Å². The fourth-order valence-electron chi connectivity index (χ4n) is 4.05. The van der Waals surface area contributed by atoms with Crippen LogP contribution in [0.15, 0.2) is 42.5 Å². The van der Waals surface area contributed by atoms with Gasteiger partial charge in [0, 0.05) is 39.4 Å². The lowest BCUT2D eigenvalue weighted by Crippen LogP contribution is -2.46. The monoisotopic (exact) mass is 505 g/mol. The number of amides is 1. The molecule has 6 nitrogen and oxygen atoms in total. The summed E-state index contributed by atoms with van der Waals surface area (Å²) in [5, 5.41) is 1.23. The Balaban J connectivity index is 1.43. The van der Waals surface area contributed by atoms with Crippen LogP contribution >= 0.6 is 23.2 Å². The summed E-state index contributed by atoms with van der Waals surface area (Å²) < 4.78 is 11.1. The van der Waals surface area contributed by atoms with Crippen molar-refractivity contribution in [3.63, 3.8) is 0 Å². The molecule has 1 aliphatic rings. The molecule has 0 unspecified atom stereocenters. The van der Waals surface area contributed by atoms with Crippen LogP contribution in [0.3, 0.4) is 0 Å². The maximum Gasteiger partial charge on any atom is 0.216 e. The lowest BCUT2D eigenvalue weighted by Gasteiger charge is -2.36. The third-order valence-corrected chi connectivity index (χ3v) is 6.64. The zero-order valence-electron chi connectivity index (χ0n) is 19.9. The summed E-state index contributed by atoms with van der Waals surface area (Å²) in [7, 11) is 1.57. The molecular weight excluding hydrogens is 473 g/mol. The lowest BCUT2D eigenvalue weighted by atomic mass is 10.1. The van der Waals surface area contributed by atoms with E-state index in [-0.39, 0.29) is 6.73 Å². The molecule has 0 radical (unpaired) electrons. The van der Waals surface area contributed by atoms with Gasteiger partial charge in [-0.2, -0.15) is 0 Å². The number of methoxy groups -OCH3 is 1. The van der Waals surface area contributed by atoms with E-state index in [0.717, 1.165) is 74.7 Å². The summed E-state index contributed by atoms with van der Waals surface area (Å²) in [4.78, 5) is 17.8. The number of rotatable bonds is 12. The van der Waals surface area contributed by atoms with Crippen LogP contribution < -0.4 is 14.5 Å². The van der Waals surface area contributed by atoms with E-state index in [4.69, 9.17) is 32.7 Å². The van der Waals surface area contributed by atoms with Gasteiger partial charge < -0.3 is 14.4 Å².